The second-order valence-corrected chi connectivity index (χ2v) is 28.5. The third kappa shape index (κ3) is 28.9. The number of benzene rings is 4. The lowest BCUT2D eigenvalue weighted by atomic mass is 9.97. The predicted molar refractivity (Wildman–Crippen MR) is 395 cm³/mol. The van der Waals surface area contributed by atoms with Gasteiger partial charge in [0, 0.05) is 107 Å². The highest BCUT2D eigenvalue weighted by Crippen LogP contribution is 2.26. The maximum Gasteiger partial charge on any atom is 0.317 e. The van der Waals surface area contributed by atoms with Crippen molar-refractivity contribution in [3.63, 3.8) is 0 Å². The number of nitrogens with one attached hydrogen (secondary N) is 9. The molecule has 0 radical (unpaired) electrons. The van der Waals surface area contributed by atoms with Crippen molar-refractivity contribution in [1.82, 2.24) is 67.1 Å². The highest BCUT2D eigenvalue weighted by Gasteiger charge is 2.38. The van der Waals surface area contributed by atoms with Gasteiger partial charge in [0.2, 0.25) is 47.3 Å². The third-order valence-corrected chi connectivity index (χ3v) is 20.0. The monoisotopic (exact) mass is 1510 g/mol. The van der Waals surface area contributed by atoms with Crippen molar-refractivity contribution < 1.29 is 93.3 Å². The third-order valence-electron chi connectivity index (χ3n) is 17.5. The Balaban J connectivity index is 0.00000429. The van der Waals surface area contributed by atoms with Crippen LogP contribution in [0.25, 0.3) is 21.7 Å². The number of nitrogens with two attached hydrogens (primary N) is 1. The number of aliphatic carboxylic acids is 4. The quantitative estimate of drug-likeness (QED) is 0.0212. The summed E-state index contributed by atoms with van der Waals surface area (Å²) < 4.78 is 0. The molecule has 18 N–H and O–H groups in total. The second-order valence-electron chi connectivity index (χ2n) is 25.9. The van der Waals surface area contributed by atoms with Crippen LogP contribution in [0.3, 0.4) is 0 Å². The summed E-state index contributed by atoms with van der Waals surface area (Å²) in [5.74, 6) is -12.1. The Kier molecular flexibility index (Phi) is 35.5. The highest BCUT2D eigenvalue weighted by molar-refractivity contribution is 8.76. The first kappa shape index (κ1) is 85.6. The molecule has 1 aromatic heterocycles. The number of aliphatic hydroxyl groups excluding tert-OH is 3. The number of aromatic amines is 1. The first-order chi connectivity index (χ1) is 50.6. The Morgan fingerprint density at radius 3 is 1.62 bits per heavy atom. The fraction of sp³-hybridized carbons (Fsp3) is 0.493. The van der Waals surface area contributed by atoms with Gasteiger partial charge in [-0.15, -0.1) is 0 Å². The number of H-pyrrole nitrogens is 1. The van der Waals surface area contributed by atoms with Gasteiger partial charge in [-0.25, -0.2) is 0 Å². The number of hydrogen-bond donors (Lipinski definition) is 17. The van der Waals surface area contributed by atoms with E-state index in [1.54, 1.807) is 80.4 Å². The molecular formula is C71H98N14O19S2. The van der Waals surface area contributed by atoms with Crippen molar-refractivity contribution in [1.29, 1.82) is 0 Å². The van der Waals surface area contributed by atoms with Gasteiger partial charge in [0.05, 0.1) is 51.0 Å². The van der Waals surface area contributed by atoms with Crippen molar-refractivity contribution in [2.45, 2.75) is 120 Å². The Bertz CT molecular complexity index is 3740. The van der Waals surface area contributed by atoms with Crippen molar-refractivity contribution in [3.05, 3.63) is 120 Å². The van der Waals surface area contributed by atoms with Gasteiger partial charge in [-0.2, -0.15) is 0 Å². The average Bonchev–Trinajstić information content (AvgIpc) is 1.48. The molecule has 0 spiro atoms. The van der Waals surface area contributed by atoms with Gasteiger partial charge in [-0.3, -0.25) is 77.1 Å². The van der Waals surface area contributed by atoms with Gasteiger partial charge in [-0.05, 0) is 73.2 Å². The summed E-state index contributed by atoms with van der Waals surface area (Å²) in [5, 5.41) is 92.5. The first-order valence-electron chi connectivity index (χ1n) is 34.7. The highest BCUT2D eigenvalue weighted by atomic mass is 33.1. The lowest BCUT2D eigenvalue weighted by Crippen LogP contribution is -2.62. The summed E-state index contributed by atoms with van der Waals surface area (Å²) in [5.41, 5.74) is 8.32. The van der Waals surface area contributed by atoms with Crippen LogP contribution in [0, 0.1) is 0 Å². The predicted octanol–water partition coefficient (Wildman–Crippen LogP) is -1.93. The van der Waals surface area contributed by atoms with Gasteiger partial charge in [0.1, 0.15) is 42.3 Å². The summed E-state index contributed by atoms with van der Waals surface area (Å²) >= 11 is 0. The first-order valence-corrected chi connectivity index (χ1v) is 37.2. The molecule has 0 bridgehead atoms. The maximum absolute atomic E-state index is 15.5. The number of carbonyl (C=O) groups is 12. The zero-order chi connectivity index (χ0) is 77.4. The number of aromatic nitrogens is 1. The summed E-state index contributed by atoms with van der Waals surface area (Å²) in [6, 6.07) is 16.5. The molecule has 106 heavy (non-hydrogen) atoms. The van der Waals surface area contributed by atoms with Gasteiger partial charge in [-0.1, -0.05) is 113 Å². The molecule has 7 rings (SSSR count). The molecule has 2 aliphatic heterocycles. The summed E-state index contributed by atoms with van der Waals surface area (Å²) in [4.78, 5) is 174. The van der Waals surface area contributed by atoms with Crippen LogP contribution in [-0.4, -0.2) is 295 Å². The lowest BCUT2D eigenvalue weighted by molar-refractivity contribution is -0.140. The number of carboxylic acids is 4. The van der Waals surface area contributed by atoms with E-state index in [0.29, 0.717) is 34.0 Å². The molecule has 0 aliphatic carbocycles. The number of carboxylic acid groups (broad SMARTS) is 4. The molecule has 33 nitrogen and oxygen atoms in total. The van der Waals surface area contributed by atoms with E-state index in [2.05, 4.69) is 47.5 Å². The second kappa shape index (κ2) is 44.0. The number of carbonyl (C=O) groups excluding carboxylic acids is 8. The average molecular weight is 1520 g/mol. The fourth-order valence-electron chi connectivity index (χ4n) is 11.9. The summed E-state index contributed by atoms with van der Waals surface area (Å²) in [7, 11) is 1.86. The van der Waals surface area contributed by atoms with Crippen LogP contribution in [0.5, 0.6) is 0 Å². The molecule has 0 unspecified atom stereocenters. The normalized spacial score (nSPS) is 21.2. The fourth-order valence-corrected chi connectivity index (χ4v) is 14.2. The van der Waals surface area contributed by atoms with Crippen molar-refractivity contribution in [2.75, 3.05) is 103 Å². The van der Waals surface area contributed by atoms with Gasteiger partial charge >= 0.3 is 17.9 Å². The SMILES string of the molecule is CC(=O)O.C[C@@H](O)[C@@H]1NC(=O)[C@H](CCCCN)NC(=O)[C@@H](Cc2c[nH]c3ccccc23)NC(=O)[C@H](Cc2cccc3ccccc23)NC(=O)[C@@H](NC(=O)[C@@H](Cc2ccccc2)NC(=O)CN2CCN(CC(=O)O)CCN(CC(=O)O)CCN(CC(=O)O)CC2)CSSC[C@@H](C(=O)N[C@H](CO)[C@@H](C)O)NC1=O. The smallest absolute Gasteiger partial charge is 0.317 e. The van der Waals surface area contributed by atoms with Crippen molar-refractivity contribution in [3.8, 4) is 0 Å². The van der Waals surface area contributed by atoms with Crippen molar-refractivity contribution in [2.24, 2.45) is 5.73 Å². The van der Waals surface area contributed by atoms with E-state index in [1.165, 1.54) is 13.8 Å². The van der Waals surface area contributed by atoms with Crippen LogP contribution in [0.4, 0.5) is 0 Å². The number of nitrogens with zero attached hydrogens (tertiary/aromatic N) is 4. The number of para-hydroxylation sites is 1. The lowest BCUT2D eigenvalue weighted by Gasteiger charge is -2.33. The largest absolute Gasteiger partial charge is 0.481 e. The van der Waals surface area contributed by atoms with Gasteiger partial charge < -0.3 is 89.0 Å². The topological polar surface area (TPSA) is 497 Å². The number of amides is 8. The molecule has 2 aliphatic rings. The van der Waals surface area contributed by atoms with Gasteiger partial charge in [0.25, 0.3) is 5.97 Å². The summed E-state index contributed by atoms with van der Waals surface area (Å²) in [6.07, 6.45) is -1.11. The van der Waals surface area contributed by atoms with Crippen LogP contribution < -0.4 is 48.3 Å². The van der Waals surface area contributed by atoms with Gasteiger partial charge in [0.15, 0.2) is 0 Å². The molecule has 4 aromatic carbocycles. The number of hydrogen-bond acceptors (Lipinski definition) is 22. The number of aliphatic hydroxyl groups is 3. The molecule has 0 saturated carbocycles. The zero-order valence-electron chi connectivity index (χ0n) is 59.4. The molecular weight excluding hydrogens is 1420 g/mol. The minimum atomic E-state index is -1.76. The molecule has 2 fully saturated rings. The van der Waals surface area contributed by atoms with Crippen LogP contribution in [0.2, 0.25) is 0 Å². The molecule has 2 saturated heterocycles. The van der Waals surface area contributed by atoms with E-state index < -0.39 is 158 Å². The van der Waals surface area contributed by atoms with Crippen LogP contribution in [-0.2, 0) is 76.8 Å². The van der Waals surface area contributed by atoms with Crippen LogP contribution >= 0.6 is 21.6 Å². The molecule has 5 aromatic rings. The molecule has 35 heteroatoms. The Morgan fingerprint density at radius 1 is 0.566 bits per heavy atom. The Hall–Kier alpha value is -9.30. The molecule has 8 amide bonds. The maximum atomic E-state index is 15.5. The molecule has 578 valence electrons. The minimum Gasteiger partial charge on any atom is -0.481 e. The van der Waals surface area contributed by atoms with E-state index in [4.69, 9.17) is 15.6 Å². The van der Waals surface area contributed by atoms with E-state index >= 15 is 19.2 Å². The number of unbranched alkanes of at least 4 members (excludes halogenated alkanes) is 1. The van der Waals surface area contributed by atoms with E-state index in [9.17, 15) is 64.2 Å². The van der Waals surface area contributed by atoms with E-state index in [-0.39, 0.29) is 109 Å². The summed E-state index contributed by atoms with van der Waals surface area (Å²) in [6.45, 7) is 2.29. The Morgan fingerprint density at radius 2 is 1.07 bits per heavy atom. The van der Waals surface area contributed by atoms with Crippen LogP contribution in [0.15, 0.2) is 103 Å². The van der Waals surface area contributed by atoms with E-state index in [1.807, 2.05) is 42.5 Å². The molecule has 10 atom stereocenters. The standard InChI is InChI=1S/C69H94N14O17S2.C2H4O2/c1-42(85)55(39-84)76-68(99)57-41-102-101-40-56(77-64(95)52(31-44-13-4-3-5-14-44)72-58(87)35-80-23-25-81(36-59(88)89)27-29-83(38-61(92)93)30-28-82(26-24-80)37-60(90)91)67(98)75-53(32-46-17-12-16-45-15-6-7-18-48(45)46)66(97)74-54(33-47-34-71-50-20-9-8-19-49(47)50)65(96)73-51(21-10-11-22-70)63(94)79-62(43(2)86)69(100)78-57;1-2(3)4/h3-9,12-20,34,42-43,51-57,62,71,84-86H,10-11,21-33,35-41,70H2,1-2H3,(H,72,87)(H,73,96)(H,74,97)(H,75,98)(H,76,99)(H,77,95)(H,78,100)(H,79,94)(H,88,89)(H,90,91)(H,92,93);1H3,(H,3,4)/t42-,43-,51+,52-,53+,54-,55-,56+,57+,62+;/m1./s1. The van der Waals surface area contributed by atoms with Crippen molar-refractivity contribution >= 4 is 114 Å². The van der Waals surface area contributed by atoms with Crippen LogP contribution in [0.1, 0.15) is 56.7 Å². The number of rotatable bonds is 26. The van der Waals surface area contributed by atoms with E-state index in [0.717, 1.165) is 39.3 Å². The number of fused-ring (bicyclic) bond motifs is 2. The molecule has 3 heterocycles. The zero-order valence-corrected chi connectivity index (χ0v) is 61.0. The minimum absolute atomic E-state index is 0.0399. The Labute approximate surface area is 620 Å².